The summed E-state index contributed by atoms with van der Waals surface area (Å²) in [5.41, 5.74) is 2.60. The smallest absolute Gasteiger partial charge is 0.0577 e. The summed E-state index contributed by atoms with van der Waals surface area (Å²) in [6.45, 7) is 6.45. The highest BCUT2D eigenvalue weighted by Crippen LogP contribution is 2.66. The van der Waals surface area contributed by atoms with E-state index >= 15 is 0 Å². The molecule has 134 valence electrons. The normalized spacial score (nSPS) is 56.5. The molecule has 8 atom stereocenters. The molecule has 4 fully saturated rings. The summed E-state index contributed by atoms with van der Waals surface area (Å²) < 4.78 is 0. The van der Waals surface area contributed by atoms with Gasteiger partial charge in [0, 0.05) is 6.04 Å². The molecule has 0 spiro atoms. The molecule has 5 rings (SSSR count). The minimum atomic E-state index is -0.0738. The van der Waals surface area contributed by atoms with Crippen molar-refractivity contribution in [3.05, 3.63) is 11.6 Å². The highest BCUT2D eigenvalue weighted by atomic mass is 16.3. The molecule has 0 aromatic rings. The van der Waals surface area contributed by atoms with Crippen LogP contribution >= 0.6 is 0 Å². The minimum absolute atomic E-state index is 0.0738. The monoisotopic (exact) mass is 329 g/mol. The van der Waals surface area contributed by atoms with Crippen LogP contribution in [0.4, 0.5) is 0 Å². The zero-order valence-corrected chi connectivity index (χ0v) is 15.6. The van der Waals surface area contributed by atoms with Crippen molar-refractivity contribution >= 4 is 0 Å². The van der Waals surface area contributed by atoms with Gasteiger partial charge in [-0.25, -0.2) is 0 Å². The van der Waals surface area contributed by atoms with Gasteiger partial charge in [-0.3, -0.25) is 0 Å². The molecule has 0 amide bonds. The molecule has 0 radical (unpaired) electrons. The lowest BCUT2D eigenvalue weighted by Gasteiger charge is -2.58. The number of hydrogen-bond donors (Lipinski definition) is 2. The van der Waals surface area contributed by atoms with Crippen molar-refractivity contribution in [3.63, 3.8) is 0 Å². The van der Waals surface area contributed by atoms with Crippen LogP contribution in [0.1, 0.15) is 71.6 Å². The Bertz CT molecular complexity index is 552. The van der Waals surface area contributed by atoms with Crippen LogP contribution < -0.4 is 5.32 Å². The maximum Gasteiger partial charge on any atom is 0.0577 e. The van der Waals surface area contributed by atoms with E-state index in [4.69, 9.17) is 0 Å². The Hall–Kier alpha value is -0.340. The first-order chi connectivity index (χ1) is 11.5. The largest absolute Gasteiger partial charge is 0.393 e. The molecule has 2 N–H and O–H groups in total. The summed E-state index contributed by atoms with van der Waals surface area (Å²) in [6, 6.07) is 0.826. The van der Waals surface area contributed by atoms with Gasteiger partial charge in [-0.1, -0.05) is 25.5 Å². The fraction of sp³-hybridized carbons (Fsp3) is 0.909. The number of hydrogen-bond acceptors (Lipinski definition) is 2. The second kappa shape index (κ2) is 5.33. The molecule has 24 heavy (non-hydrogen) atoms. The molecule has 1 saturated heterocycles. The third-order valence-corrected chi connectivity index (χ3v) is 9.50. The number of fused-ring (bicyclic) bond motifs is 5. The summed E-state index contributed by atoms with van der Waals surface area (Å²) in [7, 11) is 0. The molecule has 4 aliphatic carbocycles. The van der Waals surface area contributed by atoms with Crippen molar-refractivity contribution in [1.29, 1.82) is 0 Å². The fourth-order valence-electron chi connectivity index (χ4n) is 8.00. The second-order valence-electron chi connectivity index (χ2n) is 10.2. The van der Waals surface area contributed by atoms with E-state index in [1.807, 2.05) is 0 Å². The van der Waals surface area contributed by atoms with E-state index < -0.39 is 0 Å². The van der Waals surface area contributed by atoms with Crippen LogP contribution in [0.25, 0.3) is 0 Å². The van der Waals surface area contributed by atoms with E-state index in [-0.39, 0.29) is 6.10 Å². The van der Waals surface area contributed by atoms with Crippen LogP contribution in [0.2, 0.25) is 0 Å². The second-order valence-corrected chi connectivity index (χ2v) is 10.2. The van der Waals surface area contributed by atoms with Gasteiger partial charge in [0.2, 0.25) is 0 Å². The van der Waals surface area contributed by atoms with E-state index in [0.717, 1.165) is 42.6 Å². The van der Waals surface area contributed by atoms with Crippen LogP contribution in [-0.2, 0) is 0 Å². The molecule has 1 heterocycles. The summed E-state index contributed by atoms with van der Waals surface area (Å²) in [5.74, 6) is 3.68. The van der Waals surface area contributed by atoms with E-state index in [2.05, 4.69) is 25.2 Å². The summed E-state index contributed by atoms with van der Waals surface area (Å²) in [5, 5.41) is 13.9. The van der Waals surface area contributed by atoms with Gasteiger partial charge >= 0.3 is 0 Å². The molecule has 0 aromatic carbocycles. The molecular formula is C22H35NO. The van der Waals surface area contributed by atoms with E-state index in [9.17, 15) is 5.11 Å². The van der Waals surface area contributed by atoms with Gasteiger partial charge in [0.05, 0.1) is 6.10 Å². The predicted octanol–water partition coefficient (Wildman–Crippen LogP) is 4.29. The number of allylic oxidation sites excluding steroid dienone is 1. The highest BCUT2D eigenvalue weighted by Gasteiger charge is 2.59. The number of aliphatic hydroxyl groups excluding tert-OH is 1. The lowest BCUT2D eigenvalue weighted by molar-refractivity contribution is -0.0578. The first kappa shape index (κ1) is 15.9. The summed E-state index contributed by atoms with van der Waals surface area (Å²) in [6.07, 6.45) is 14.2. The van der Waals surface area contributed by atoms with Crippen LogP contribution in [0.5, 0.6) is 0 Å². The van der Waals surface area contributed by atoms with E-state index in [1.165, 1.54) is 51.5 Å². The quantitative estimate of drug-likeness (QED) is 0.704. The van der Waals surface area contributed by atoms with E-state index in [1.54, 1.807) is 5.57 Å². The average molecular weight is 330 g/mol. The van der Waals surface area contributed by atoms with Crippen molar-refractivity contribution in [2.24, 2.45) is 34.5 Å². The number of nitrogens with one attached hydrogen (secondary N) is 1. The van der Waals surface area contributed by atoms with Crippen LogP contribution in [0.15, 0.2) is 11.6 Å². The van der Waals surface area contributed by atoms with Gasteiger partial charge in [-0.2, -0.15) is 0 Å². The Morgan fingerprint density at radius 2 is 1.79 bits per heavy atom. The summed E-state index contributed by atoms with van der Waals surface area (Å²) in [4.78, 5) is 0. The first-order valence-electron chi connectivity index (χ1n) is 10.6. The molecule has 2 heteroatoms. The lowest BCUT2D eigenvalue weighted by atomic mass is 9.47. The highest BCUT2D eigenvalue weighted by molar-refractivity contribution is 5.25. The average Bonchev–Trinajstić information content (AvgIpc) is 2.84. The predicted molar refractivity (Wildman–Crippen MR) is 97.6 cm³/mol. The van der Waals surface area contributed by atoms with Gasteiger partial charge in [-0.15, -0.1) is 0 Å². The zero-order chi connectivity index (χ0) is 16.5. The standard InChI is InChI=1S/C22H35NO/c1-21-10-7-15(24)13-14(21)3-4-16-17-5-6-19(20-9-12-23-20)22(17,2)11-8-18(16)21/h3,15-20,23-24H,4-13H2,1-2H3/t15-,16-,17-,18-,19+,20?,21-,22-/m0/s1. The van der Waals surface area contributed by atoms with Crippen LogP contribution in [-0.4, -0.2) is 23.8 Å². The number of aliphatic hydroxyl groups is 1. The van der Waals surface area contributed by atoms with Crippen molar-refractivity contribution in [2.45, 2.75) is 83.8 Å². The third kappa shape index (κ3) is 2.02. The molecule has 1 unspecified atom stereocenters. The van der Waals surface area contributed by atoms with Crippen molar-refractivity contribution < 1.29 is 5.11 Å². The van der Waals surface area contributed by atoms with Crippen LogP contribution in [0.3, 0.4) is 0 Å². The molecule has 0 aromatic heterocycles. The Labute approximate surface area is 147 Å². The number of rotatable bonds is 1. The molecule has 0 bridgehead atoms. The maximum absolute atomic E-state index is 10.1. The molecule has 1 aliphatic heterocycles. The Kier molecular flexibility index (Phi) is 3.53. The van der Waals surface area contributed by atoms with Crippen molar-refractivity contribution in [1.82, 2.24) is 5.32 Å². The minimum Gasteiger partial charge on any atom is -0.393 e. The van der Waals surface area contributed by atoms with Crippen molar-refractivity contribution in [2.75, 3.05) is 6.54 Å². The maximum atomic E-state index is 10.1. The SMILES string of the molecule is C[C@]12CC[C@H]3[C@@H](CC=C4C[C@@H](O)CC[C@@]43C)[C@@H]1CC[C@@H]2C1CCN1. The van der Waals surface area contributed by atoms with Crippen LogP contribution in [0, 0.1) is 34.5 Å². The van der Waals surface area contributed by atoms with E-state index in [0.29, 0.717) is 10.8 Å². The lowest BCUT2D eigenvalue weighted by Crippen LogP contribution is -2.55. The first-order valence-corrected chi connectivity index (χ1v) is 10.6. The van der Waals surface area contributed by atoms with Gasteiger partial charge < -0.3 is 10.4 Å². The summed E-state index contributed by atoms with van der Waals surface area (Å²) >= 11 is 0. The zero-order valence-electron chi connectivity index (χ0n) is 15.6. The Balaban J connectivity index is 1.44. The molecule has 3 saturated carbocycles. The van der Waals surface area contributed by atoms with Gasteiger partial charge in [0.1, 0.15) is 0 Å². The third-order valence-electron chi connectivity index (χ3n) is 9.50. The Morgan fingerprint density at radius 3 is 2.54 bits per heavy atom. The van der Waals surface area contributed by atoms with Gasteiger partial charge in [0.15, 0.2) is 0 Å². The fourth-order valence-corrected chi connectivity index (χ4v) is 8.00. The molecule has 2 nitrogen and oxygen atoms in total. The van der Waals surface area contributed by atoms with Crippen molar-refractivity contribution in [3.8, 4) is 0 Å². The van der Waals surface area contributed by atoms with Gasteiger partial charge in [0.25, 0.3) is 0 Å². The molecule has 5 aliphatic rings. The van der Waals surface area contributed by atoms with Gasteiger partial charge in [-0.05, 0) is 98.8 Å². The topological polar surface area (TPSA) is 32.3 Å². The Morgan fingerprint density at radius 1 is 1.00 bits per heavy atom. The molecular weight excluding hydrogens is 294 g/mol.